The van der Waals surface area contributed by atoms with Crippen molar-refractivity contribution in [3.63, 3.8) is 0 Å². The molecule has 0 saturated heterocycles. The van der Waals surface area contributed by atoms with E-state index in [1.807, 2.05) is 36.6 Å². The lowest BCUT2D eigenvalue weighted by atomic mass is 10.2. The molecule has 1 aliphatic rings. The monoisotopic (exact) mass is 142 g/mol. The summed E-state index contributed by atoms with van der Waals surface area (Å²) in [6, 6.07) is 8.15. The number of para-hydroxylation sites is 1. The summed E-state index contributed by atoms with van der Waals surface area (Å²) in [4.78, 5) is 0. The summed E-state index contributed by atoms with van der Waals surface area (Å²) in [6.45, 7) is 0. The van der Waals surface area contributed by atoms with E-state index in [1.165, 1.54) is 5.56 Å². The normalized spacial score (nSPS) is 13.5. The van der Waals surface area contributed by atoms with Gasteiger partial charge in [0.1, 0.15) is 0 Å². The number of rotatable bonds is 0. The van der Waals surface area contributed by atoms with Crippen LogP contribution in [0.3, 0.4) is 0 Å². The predicted octanol–water partition coefficient (Wildman–Crippen LogP) is 2.44. The molecule has 1 aliphatic heterocycles. The SMILES string of the molecule is [C]1=CNc2ccccc2C=C1. The van der Waals surface area contributed by atoms with E-state index in [1.54, 1.807) is 0 Å². The maximum atomic E-state index is 3.13. The summed E-state index contributed by atoms with van der Waals surface area (Å²) in [5.41, 5.74) is 2.34. The van der Waals surface area contributed by atoms with Crippen LogP contribution in [0.15, 0.2) is 36.5 Å². The van der Waals surface area contributed by atoms with Crippen molar-refractivity contribution in [1.82, 2.24) is 0 Å². The third-order valence-corrected chi connectivity index (χ3v) is 1.63. The molecule has 1 N–H and O–H groups in total. The highest BCUT2D eigenvalue weighted by Gasteiger charge is 1.95. The Balaban J connectivity index is 2.52. The average molecular weight is 142 g/mol. The quantitative estimate of drug-likeness (QED) is 0.586. The van der Waals surface area contributed by atoms with Crippen molar-refractivity contribution in [1.29, 1.82) is 0 Å². The Morgan fingerprint density at radius 1 is 1.18 bits per heavy atom. The van der Waals surface area contributed by atoms with Crippen LogP contribution >= 0.6 is 0 Å². The molecule has 1 heteroatoms. The minimum absolute atomic E-state index is 1.13. The highest BCUT2D eigenvalue weighted by atomic mass is 14.8. The lowest BCUT2D eigenvalue weighted by molar-refractivity contribution is 1.57. The van der Waals surface area contributed by atoms with Crippen molar-refractivity contribution >= 4 is 11.8 Å². The van der Waals surface area contributed by atoms with Crippen molar-refractivity contribution in [3.8, 4) is 0 Å². The van der Waals surface area contributed by atoms with Crippen LogP contribution in [0.25, 0.3) is 6.08 Å². The number of anilines is 1. The van der Waals surface area contributed by atoms with E-state index < -0.39 is 0 Å². The number of benzene rings is 1. The number of hydrogen-bond acceptors (Lipinski definition) is 1. The third kappa shape index (κ3) is 1.17. The Morgan fingerprint density at radius 3 is 3.09 bits per heavy atom. The van der Waals surface area contributed by atoms with Gasteiger partial charge in [-0.15, -0.1) is 0 Å². The maximum absolute atomic E-state index is 3.13. The smallest absolute Gasteiger partial charge is 0.0453 e. The van der Waals surface area contributed by atoms with Gasteiger partial charge in [-0.3, -0.25) is 0 Å². The summed E-state index contributed by atoms with van der Waals surface area (Å²) in [5, 5.41) is 3.13. The molecular formula is C10H8N. The van der Waals surface area contributed by atoms with Crippen LogP contribution < -0.4 is 5.32 Å². The van der Waals surface area contributed by atoms with E-state index in [0.717, 1.165) is 5.69 Å². The molecule has 0 atom stereocenters. The third-order valence-electron chi connectivity index (χ3n) is 1.63. The van der Waals surface area contributed by atoms with Gasteiger partial charge < -0.3 is 5.32 Å². The van der Waals surface area contributed by atoms with Crippen LogP contribution in [0.4, 0.5) is 5.69 Å². The molecular weight excluding hydrogens is 134 g/mol. The summed E-state index contributed by atoms with van der Waals surface area (Å²) < 4.78 is 0. The maximum Gasteiger partial charge on any atom is 0.0453 e. The number of allylic oxidation sites excluding steroid dienone is 2. The van der Waals surface area contributed by atoms with Gasteiger partial charge in [0.15, 0.2) is 0 Å². The fourth-order valence-corrected chi connectivity index (χ4v) is 1.08. The van der Waals surface area contributed by atoms with Gasteiger partial charge >= 0.3 is 0 Å². The van der Waals surface area contributed by atoms with E-state index in [0.29, 0.717) is 0 Å². The second kappa shape index (κ2) is 2.62. The summed E-state index contributed by atoms with van der Waals surface area (Å²) in [7, 11) is 0. The molecule has 0 aliphatic carbocycles. The van der Waals surface area contributed by atoms with Crippen LogP contribution in [0, 0.1) is 6.08 Å². The molecule has 53 valence electrons. The van der Waals surface area contributed by atoms with Crippen LogP contribution in [0.2, 0.25) is 0 Å². The molecule has 0 amide bonds. The van der Waals surface area contributed by atoms with E-state index >= 15 is 0 Å². The lowest BCUT2D eigenvalue weighted by Gasteiger charge is -2.01. The van der Waals surface area contributed by atoms with Gasteiger partial charge in [-0.05, 0) is 17.7 Å². The fourth-order valence-electron chi connectivity index (χ4n) is 1.08. The molecule has 0 spiro atoms. The molecule has 1 aromatic carbocycles. The van der Waals surface area contributed by atoms with E-state index in [2.05, 4.69) is 17.5 Å². The minimum atomic E-state index is 1.13. The molecule has 1 aromatic rings. The van der Waals surface area contributed by atoms with Crippen LogP contribution in [-0.2, 0) is 0 Å². The second-order valence-corrected chi connectivity index (χ2v) is 2.38. The highest BCUT2D eigenvalue weighted by Crippen LogP contribution is 2.17. The van der Waals surface area contributed by atoms with Crippen LogP contribution in [0.1, 0.15) is 5.56 Å². The Labute approximate surface area is 66.1 Å². The molecule has 1 heterocycles. The molecule has 0 unspecified atom stereocenters. The van der Waals surface area contributed by atoms with Gasteiger partial charge in [0.05, 0.1) is 0 Å². The van der Waals surface area contributed by atoms with Crippen LogP contribution in [-0.4, -0.2) is 0 Å². The topological polar surface area (TPSA) is 12.0 Å². The first-order valence-electron chi connectivity index (χ1n) is 3.57. The molecule has 1 nitrogen and oxygen atoms in total. The van der Waals surface area contributed by atoms with Crippen molar-refractivity contribution < 1.29 is 0 Å². The van der Waals surface area contributed by atoms with Gasteiger partial charge in [-0.2, -0.15) is 0 Å². The first-order valence-corrected chi connectivity index (χ1v) is 3.57. The Hall–Kier alpha value is -1.50. The van der Waals surface area contributed by atoms with Crippen LogP contribution in [0.5, 0.6) is 0 Å². The number of hydrogen-bond donors (Lipinski definition) is 1. The summed E-state index contributed by atoms with van der Waals surface area (Å²) >= 11 is 0. The zero-order valence-electron chi connectivity index (χ0n) is 6.04. The molecule has 0 bridgehead atoms. The Morgan fingerprint density at radius 2 is 2.09 bits per heavy atom. The fraction of sp³-hybridized carbons (Fsp3) is 0. The van der Waals surface area contributed by atoms with Gasteiger partial charge in [0.2, 0.25) is 0 Å². The number of fused-ring (bicyclic) bond motifs is 1. The predicted molar refractivity (Wildman–Crippen MR) is 46.9 cm³/mol. The van der Waals surface area contributed by atoms with Gasteiger partial charge in [-0.25, -0.2) is 0 Å². The molecule has 0 fully saturated rings. The zero-order valence-corrected chi connectivity index (χ0v) is 6.04. The molecule has 0 saturated carbocycles. The summed E-state index contributed by atoms with van der Waals surface area (Å²) in [6.07, 6.45) is 8.72. The van der Waals surface area contributed by atoms with E-state index in [9.17, 15) is 0 Å². The molecule has 1 radical (unpaired) electrons. The van der Waals surface area contributed by atoms with Crippen molar-refractivity contribution in [2.24, 2.45) is 0 Å². The average Bonchev–Trinajstić information content (AvgIpc) is 2.28. The minimum Gasteiger partial charge on any atom is -0.361 e. The first kappa shape index (κ1) is 6.23. The van der Waals surface area contributed by atoms with Gasteiger partial charge in [0, 0.05) is 11.9 Å². The largest absolute Gasteiger partial charge is 0.361 e. The van der Waals surface area contributed by atoms with Crippen molar-refractivity contribution in [3.05, 3.63) is 48.2 Å². The Bertz CT molecular complexity index is 310. The molecule has 11 heavy (non-hydrogen) atoms. The Kier molecular flexibility index (Phi) is 1.48. The van der Waals surface area contributed by atoms with E-state index in [4.69, 9.17) is 0 Å². The van der Waals surface area contributed by atoms with Crippen molar-refractivity contribution in [2.45, 2.75) is 0 Å². The summed E-state index contributed by atoms with van der Waals surface area (Å²) in [5.74, 6) is 0. The molecule has 0 aromatic heterocycles. The zero-order chi connectivity index (χ0) is 7.52. The van der Waals surface area contributed by atoms with Gasteiger partial charge in [-0.1, -0.05) is 30.4 Å². The van der Waals surface area contributed by atoms with Crippen molar-refractivity contribution in [2.75, 3.05) is 5.32 Å². The first-order chi connectivity index (χ1) is 5.47. The highest BCUT2D eigenvalue weighted by molar-refractivity contribution is 5.68. The van der Waals surface area contributed by atoms with Gasteiger partial charge in [0.25, 0.3) is 0 Å². The lowest BCUT2D eigenvalue weighted by Crippen LogP contribution is -1.87. The second-order valence-electron chi connectivity index (χ2n) is 2.38. The number of nitrogens with one attached hydrogen (secondary N) is 1. The van der Waals surface area contributed by atoms with E-state index in [-0.39, 0.29) is 0 Å². The standard InChI is InChI=1S/C10H8N/c1-2-7-10-9(5-1)6-3-4-8-11-10/h1-3,5-8,11H. The molecule has 2 rings (SSSR count).